The van der Waals surface area contributed by atoms with E-state index in [0.29, 0.717) is 28.8 Å². The lowest BCUT2D eigenvalue weighted by Crippen LogP contribution is -2.27. The fourth-order valence-electron chi connectivity index (χ4n) is 2.20. The third-order valence-electron chi connectivity index (χ3n) is 3.53. The predicted octanol–water partition coefficient (Wildman–Crippen LogP) is 3.41. The van der Waals surface area contributed by atoms with Crippen molar-refractivity contribution in [1.82, 2.24) is 5.32 Å². The standard InChI is InChI=1S/C19H18N2O5S/c1-24-13-4-6-14(7-5-13)25-12-10-20-19(23)16-8-9-17(27-16)21-18(22)15-3-2-11-26-15/h2-9,11H,10,12H2,1H3,(H,20,23)(H,21,22). The van der Waals surface area contributed by atoms with E-state index in [9.17, 15) is 9.59 Å². The number of thiophene rings is 1. The lowest BCUT2D eigenvalue weighted by molar-refractivity contribution is 0.0949. The van der Waals surface area contributed by atoms with Gasteiger partial charge in [0.25, 0.3) is 11.8 Å². The minimum Gasteiger partial charge on any atom is -0.497 e. The van der Waals surface area contributed by atoms with Gasteiger partial charge >= 0.3 is 0 Å². The van der Waals surface area contributed by atoms with E-state index in [0.717, 1.165) is 5.75 Å². The van der Waals surface area contributed by atoms with Crippen LogP contribution in [0, 0.1) is 0 Å². The predicted molar refractivity (Wildman–Crippen MR) is 102 cm³/mol. The van der Waals surface area contributed by atoms with Gasteiger partial charge in [0.05, 0.1) is 29.8 Å². The van der Waals surface area contributed by atoms with Crippen LogP contribution < -0.4 is 20.1 Å². The van der Waals surface area contributed by atoms with Gasteiger partial charge in [-0.3, -0.25) is 9.59 Å². The van der Waals surface area contributed by atoms with Crippen LogP contribution in [0.15, 0.2) is 59.2 Å². The van der Waals surface area contributed by atoms with Gasteiger partial charge in [-0.15, -0.1) is 11.3 Å². The molecule has 7 nitrogen and oxygen atoms in total. The monoisotopic (exact) mass is 386 g/mol. The minimum atomic E-state index is -0.360. The Balaban J connectivity index is 1.43. The molecule has 0 spiro atoms. The highest BCUT2D eigenvalue weighted by atomic mass is 32.1. The highest BCUT2D eigenvalue weighted by molar-refractivity contribution is 7.18. The zero-order valence-corrected chi connectivity index (χ0v) is 15.4. The van der Waals surface area contributed by atoms with Crippen LogP contribution in [0.4, 0.5) is 5.00 Å². The molecule has 2 N–H and O–H groups in total. The van der Waals surface area contributed by atoms with E-state index in [2.05, 4.69) is 10.6 Å². The van der Waals surface area contributed by atoms with E-state index in [1.165, 1.54) is 17.6 Å². The number of benzene rings is 1. The second-order valence-electron chi connectivity index (χ2n) is 5.38. The summed E-state index contributed by atoms with van der Waals surface area (Å²) < 4.78 is 15.7. The first-order valence-electron chi connectivity index (χ1n) is 8.15. The van der Waals surface area contributed by atoms with Gasteiger partial charge < -0.3 is 24.5 Å². The van der Waals surface area contributed by atoms with E-state index in [1.54, 1.807) is 55.6 Å². The maximum atomic E-state index is 12.2. The van der Waals surface area contributed by atoms with Gasteiger partial charge in [0.15, 0.2) is 5.76 Å². The van der Waals surface area contributed by atoms with Gasteiger partial charge in [-0.2, -0.15) is 0 Å². The first-order chi connectivity index (χ1) is 13.2. The number of furan rings is 1. The molecule has 0 atom stereocenters. The Morgan fingerprint density at radius 1 is 1.04 bits per heavy atom. The van der Waals surface area contributed by atoms with Crippen molar-refractivity contribution < 1.29 is 23.5 Å². The smallest absolute Gasteiger partial charge is 0.291 e. The van der Waals surface area contributed by atoms with Gasteiger partial charge in [-0.05, 0) is 48.5 Å². The van der Waals surface area contributed by atoms with Crippen LogP contribution in [0.25, 0.3) is 0 Å². The van der Waals surface area contributed by atoms with E-state index < -0.39 is 0 Å². The molecule has 2 amide bonds. The van der Waals surface area contributed by atoms with Crippen molar-refractivity contribution >= 4 is 28.2 Å². The number of carbonyl (C=O) groups excluding carboxylic acids is 2. The number of anilines is 1. The molecule has 3 aromatic rings. The van der Waals surface area contributed by atoms with Crippen LogP contribution in [-0.4, -0.2) is 32.1 Å². The Labute approximate surface area is 159 Å². The van der Waals surface area contributed by atoms with Crippen LogP contribution in [-0.2, 0) is 0 Å². The number of amides is 2. The van der Waals surface area contributed by atoms with Gasteiger partial charge in [0.2, 0.25) is 0 Å². The maximum absolute atomic E-state index is 12.2. The van der Waals surface area contributed by atoms with Crippen LogP contribution in [0.1, 0.15) is 20.2 Å². The molecule has 2 aromatic heterocycles. The summed E-state index contributed by atoms with van der Waals surface area (Å²) in [6, 6.07) is 13.7. The number of nitrogens with one attached hydrogen (secondary N) is 2. The van der Waals surface area contributed by atoms with E-state index in [4.69, 9.17) is 13.9 Å². The summed E-state index contributed by atoms with van der Waals surface area (Å²) in [5.74, 6) is 1.08. The average Bonchev–Trinajstić information content (AvgIpc) is 3.37. The lowest BCUT2D eigenvalue weighted by Gasteiger charge is -2.07. The number of rotatable bonds is 8. The Morgan fingerprint density at radius 3 is 2.52 bits per heavy atom. The zero-order chi connectivity index (χ0) is 19.1. The second kappa shape index (κ2) is 8.91. The summed E-state index contributed by atoms with van der Waals surface area (Å²) in [5, 5.41) is 6.03. The first-order valence-corrected chi connectivity index (χ1v) is 8.97. The lowest BCUT2D eigenvalue weighted by atomic mass is 10.3. The summed E-state index contributed by atoms with van der Waals surface area (Å²) in [6.07, 6.45) is 1.43. The average molecular weight is 386 g/mol. The molecule has 140 valence electrons. The van der Waals surface area contributed by atoms with Crippen molar-refractivity contribution in [3.63, 3.8) is 0 Å². The molecule has 0 radical (unpaired) electrons. The van der Waals surface area contributed by atoms with Crippen molar-refractivity contribution in [2.45, 2.75) is 0 Å². The molecule has 0 saturated heterocycles. The number of hydrogen-bond donors (Lipinski definition) is 2. The SMILES string of the molecule is COc1ccc(OCCNC(=O)c2ccc(NC(=O)c3ccco3)s2)cc1. The Morgan fingerprint density at radius 2 is 1.81 bits per heavy atom. The summed E-state index contributed by atoms with van der Waals surface area (Å²) >= 11 is 1.18. The van der Waals surface area contributed by atoms with Crippen LogP contribution >= 0.6 is 11.3 Å². The van der Waals surface area contributed by atoms with Crippen LogP contribution in [0.3, 0.4) is 0 Å². The molecule has 0 unspecified atom stereocenters. The molecular formula is C19H18N2O5S. The molecule has 1 aromatic carbocycles. The fourth-order valence-corrected chi connectivity index (χ4v) is 3.02. The van der Waals surface area contributed by atoms with Crippen LogP contribution in [0.2, 0.25) is 0 Å². The third kappa shape index (κ3) is 5.11. The molecule has 0 bridgehead atoms. The topological polar surface area (TPSA) is 89.8 Å². The highest BCUT2D eigenvalue weighted by Gasteiger charge is 2.13. The fraction of sp³-hybridized carbons (Fsp3) is 0.158. The number of ether oxygens (including phenoxy) is 2. The number of methoxy groups -OCH3 is 1. The van der Waals surface area contributed by atoms with Crippen molar-refractivity contribution in [2.75, 3.05) is 25.6 Å². The first kappa shape index (κ1) is 18.5. The van der Waals surface area contributed by atoms with E-state index in [1.807, 2.05) is 0 Å². The van der Waals surface area contributed by atoms with E-state index in [-0.39, 0.29) is 17.6 Å². The van der Waals surface area contributed by atoms with Crippen molar-refractivity contribution in [3.8, 4) is 11.5 Å². The molecule has 0 fully saturated rings. The molecule has 0 aliphatic rings. The highest BCUT2D eigenvalue weighted by Crippen LogP contribution is 2.22. The minimum absolute atomic E-state index is 0.213. The maximum Gasteiger partial charge on any atom is 0.291 e. The summed E-state index contributed by atoms with van der Waals surface area (Å²) in [7, 11) is 1.60. The second-order valence-corrected chi connectivity index (χ2v) is 6.46. The Kier molecular flexibility index (Phi) is 6.11. The van der Waals surface area contributed by atoms with E-state index >= 15 is 0 Å². The molecule has 0 aliphatic heterocycles. The number of hydrogen-bond acceptors (Lipinski definition) is 6. The molecule has 8 heteroatoms. The summed E-state index contributed by atoms with van der Waals surface area (Å²) in [5.41, 5.74) is 0. The molecular weight excluding hydrogens is 368 g/mol. The van der Waals surface area contributed by atoms with Gasteiger partial charge in [0.1, 0.15) is 18.1 Å². The molecule has 0 saturated carbocycles. The van der Waals surface area contributed by atoms with Crippen molar-refractivity contribution in [1.29, 1.82) is 0 Å². The van der Waals surface area contributed by atoms with Gasteiger partial charge in [-0.25, -0.2) is 0 Å². The van der Waals surface area contributed by atoms with Gasteiger partial charge in [-0.1, -0.05) is 0 Å². The molecule has 3 rings (SSSR count). The summed E-state index contributed by atoms with van der Waals surface area (Å²) in [4.78, 5) is 24.6. The molecule has 27 heavy (non-hydrogen) atoms. The Bertz CT molecular complexity index is 887. The van der Waals surface area contributed by atoms with Crippen LogP contribution in [0.5, 0.6) is 11.5 Å². The molecule has 2 heterocycles. The number of carbonyl (C=O) groups is 2. The Hall–Kier alpha value is -3.26. The summed E-state index contributed by atoms with van der Waals surface area (Å²) in [6.45, 7) is 0.697. The quantitative estimate of drug-likeness (QED) is 0.579. The normalized spacial score (nSPS) is 10.3. The van der Waals surface area contributed by atoms with Crippen molar-refractivity contribution in [2.24, 2.45) is 0 Å². The van der Waals surface area contributed by atoms with Crippen molar-refractivity contribution in [3.05, 3.63) is 65.4 Å². The third-order valence-corrected chi connectivity index (χ3v) is 4.53. The molecule has 0 aliphatic carbocycles. The zero-order valence-electron chi connectivity index (χ0n) is 14.6. The largest absolute Gasteiger partial charge is 0.497 e. The van der Waals surface area contributed by atoms with Gasteiger partial charge in [0, 0.05) is 0 Å².